The summed E-state index contributed by atoms with van der Waals surface area (Å²) in [5.41, 5.74) is 3.97. The molecule has 0 N–H and O–H groups in total. The molecule has 2 aliphatic rings. The van der Waals surface area contributed by atoms with E-state index >= 15 is 0 Å². The van der Waals surface area contributed by atoms with Gasteiger partial charge in [0.25, 0.3) is 0 Å². The van der Waals surface area contributed by atoms with E-state index in [1.165, 1.54) is 0 Å². The number of nitrogens with zero attached hydrogens (tertiary/aromatic N) is 1. The van der Waals surface area contributed by atoms with Gasteiger partial charge in [0.05, 0.1) is 0 Å². The summed E-state index contributed by atoms with van der Waals surface area (Å²) in [7, 11) is 0. The Morgan fingerprint density at radius 1 is 1.08 bits per heavy atom. The van der Waals surface area contributed by atoms with Crippen LogP contribution in [0.25, 0.3) is 0 Å². The Hall–Kier alpha value is -1.97. The summed E-state index contributed by atoms with van der Waals surface area (Å²) in [6.07, 6.45) is 2.42. The van der Waals surface area contributed by atoms with Gasteiger partial charge in [-0.05, 0) is 56.2 Å². The van der Waals surface area contributed by atoms with Gasteiger partial charge >= 0.3 is 0 Å². The first kappa shape index (κ1) is 18.8. The average Bonchev–Trinajstić information content (AvgIpc) is 2.82. The monoisotopic (exact) mass is 355 g/mol. The molecule has 0 spiro atoms. The summed E-state index contributed by atoms with van der Waals surface area (Å²) in [6, 6.07) is 4.05. The highest BCUT2D eigenvalue weighted by Crippen LogP contribution is 2.37. The fourth-order valence-electron chi connectivity index (χ4n) is 4.58. The number of amides is 1. The summed E-state index contributed by atoms with van der Waals surface area (Å²) < 4.78 is 0. The molecule has 1 aromatic carbocycles. The molecule has 26 heavy (non-hydrogen) atoms. The van der Waals surface area contributed by atoms with E-state index in [-0.39, 0.29) is 30.3 Å². The van der Waals surface area contributed by atoms with E-state index in [9.17, 15) is 14.4 Å². The lowest BCUT2D eigenvalue weighted by Gasteiger charge is -2.31. The van der Waals surface area contributed by atoms with Crippen molar-refractivity contribution >= 4 is 17.5 Å². The van der Waals surface area contributed by atoms with Crippen LogP contribution in [0.4, 0.5) is 0 Å². The molecule has 1 amide bonds. The number of rotatable bonds is 3. The van der Waals surface area contributed by atoms with Crippen LogP contribution in [0, 0.1) is 32.6 Å². The van der Waals surface area contributed by atoms with Crippen molar-refractivity contribution in [3.8, 4) is 0 Å². The van der Waals surface area contributed by atoms with Crippen molar-refractivity contribution in [3.05, 3.63) is 34.4 Å². The van der Waals surface area contributed by atoms with Crippen molar-refractivity contribution in [2.45, 2.75) is 59.3 Å². The minimum Gasteiger partial charge on any atom is -0.343 e. The predicted octanol–water partition coefficient (Wildman–Crippen LogP) is 3.50. The van der Waals surface area contributed by atoms with Crippen LogP contribution in [-0.4, -0.2) is 35.5 Å². The molecule has 0 aromatic heterocycles. The molecule has 4 nitrogen and oxygen atoms in total. The van der Waals surface area contributed by atoms with Crippen LogP contribution in [0.3, 0.4) is 0 Å². The molecule has 1 saturated heterocycles. The van der Waals surface area contributed by atoms with Crippen molar-refractivity contribution in [3.63, 3.8) is 0 Å². The van der Waals surface area contributed by atoms with Gasteiger partial charge in [0.1, 0.15) is 11.7 Å². The van der Waals surface area contributed by atoms with Gasteiger partial charge in [0, 0.05) is 31.8 Å². The quantitative estimate of drug-likeness (QED) is 0.780. The molecule has 1 aromatic rings. The zero-order valence-corrected chi connectivity index (χ0v) is 16.3. The Bertz CT molecular complexity index is 721. The predicted molar refractivity (Wildman–Crippen MR) is 101 cm³/mol. The van der Waals surface area contributed by atoms with E-state index in [0.29, 0.717) is 5.92 Å². The highest BCUT2D eigenvalue weighted by atomic mass is 16.2. The number of ketones is 2. The Balaban J connectivity index is 1.74. The molecule has 1 heterocycles. The van der Waals surface area contributed by atoms with Crippen LogP contribution in [-0.2, 0) is 14.4 Å². The van der Waals surface area contributed by atoms with Crippen LogP contribution in [0.5, 0.6) is 0 Å². The van der Waals surface area contributed by atoms with Crippen LogP contribution in [0.2, 0.25) is 0 Å². The van der Waals surface area contributed by atoms with Gasteiger partial charge in [-0.2, -0.15) is 0 Å². The number of likely N-dealkylation sites (tertiary alicyclic amines) is 1. The second-order valence-corrected chi connectivity index (χ2v) is 8.28. The zero-order valence-electron chi connectivity index (χ0n) is 16.3. The maximum atomic E-state index is 13.0. The van der Waals surface area contributed by atoms with Crippen molar-refractivity contribution < 1.29 is 14.4 Å². The number of benzene rings is 1. The minimum atomic E-state index is -0.685. The Morgan fingerprint density at radius 3 is 2.23 bits per heavy atom. The van der Waals surface area contributed by atoms with Crippen molar-refractivity contribution in [1.29, 1.82) is 0 Å². The normalized spacial score (nSPS) is 24.4. The summed E-state index contributed by atoms with van der Waals surface area (Å²) >= 11 is 0. The molecule has 140 valence electrons. The summed E-state index contributed by atoms with van der Waals surface area (Å²) in [6.45, 7) is 9.69. The number of carbonyl (C=O) groups excluding carboxylic acids is 3. The van der Waals surface area contributed by atoms with Crippen LogP contribution >= 0.6 is 0 Å². The summed E-state index contributed by atoms with van der Waals surface area (Å²) in [4.78, 5) is 40.1. The number of piperidine rings is 1. The first-order valence-corrected chi connectivity index (χ1v) is 9.70. The number of Topliss-reactive ketones (excluding diaryl/α,β-unsaturated/α-hetero) is 2. The van der Waals surface area contributed by atoms with E-state index in [1.807, 2.05) is 37.8 Å². The lowest BCUT2D eigenvalue weighted by atomic mass is 9.86. The minimum absolute atomic E-state index is 0.0288. The largest absolute Gasteiger partial charge is 0.343 e. The first-order valence-electron chi connectivity index (χ1n) is 9.70. The molecule has 1 aliphatic carbocycles. The van der Waals surface area contributed by atoms with E-state index < -0.39 is 11.8 Å². The fraction of sp³-hybridized carbons (Fsp3) is 0.591. The lowest BCUT2D eigenvalue weighted by Crippen LogP contribution is -2.39. The number of hydrogen-bond donors (Lipinski definition) is 0. The molecule has 1 aliphatic heterocycles. The number of hydrogen-bond acceptors (Lipinski definition) is 3. The van der Waals surface area contributed by atoms with Crippen molar-refractivity contribution in [2.75, 3.05) is 13.1 Å². The van der Waals surface area contributed by atoms with Gasteiger partial charge in [-0.3, -0.25) is 14.4 Å². The fourth-order valence-corrected chi connectivity index (χ4v) is 4.58. The van der Waals surface area contributed by atoms with E-state index in [0.717, 1.165) is 48.2 Å². The van der Waals surface area contributed by atoms with Gasteiger partial charge in [-0.25, -0.2) is 0 Å². The van der Waals surface area contributed by atoms with Gasteiger partial charge in [0.2, 0.25) is 5.91 Å². The second-order valence-electron chi connectivity index (χ2n) is 8.28. The molecular weight excluding hydrogens is 326 g/mol. The Morgan fingerprint density at radius 2 is 1.65 bits per heavy atom. The highest BCUT2D eigenvalue weighted by molar-refractivity contribution is 6.15. The Labute approximate surface area is 156 Å². The smallest absolute Gasteiger partial charge is 0.223 e. The molecule has 2 unspecified atom stereocenters. The molecular formula is C22H29NO3. The Kier molecular flexibility index (Phi) is 5.31. The SMILES string of the molecule is Cc1cc(C)c(C2C(=O)CC(CC(=O)N3CCC(C)CC3)C2=O)c(C)c1. The van der Waals surface area contributed by atoms with Crippen molar-refractivity contribution in [2.24, 2.45) is 11.8 Å². The zero-order chi connectivity index (χ0) is 19.0. The molecule has 3 rings (SSSR count). The first-order chi connectivity index (χ1) is 12.3. The third-order valence-electron chi connectivity index (χ3n) is 6.04. The van der Waals surface area contributed by atoms with E-state index in [1.54, 1.807) is 0 Å². The molecule has 1 saturated carbocycles. The second kappa shape index (κ2) is 7.34. The van der Waals surface area contributed by atoms with Gasteiger partial charge in [0.15, 0.2) is 5.78 Å². The van der Waals surface area contributed by atoms with Gasteiger partial charge in [-0.1, -0.05) is 24.6 Å². The van der Waals surface area contributed by atoms with E-state index in [2.05, 4.69) is 6.92 Å². The van der Waals surface area contributed by atoms with E-state index in [4.69, 9.17) is 0 Å². The number of carbonyl (C=O) groups is 3. The molecule has 0 radical (unpaired) electrons. The topological polar surface area (TPSA) is 54.5 Å². The molecule has 2 atom stereocenters. The average molecular weight is 355 g/mol. The lowest BCUT2D eigenvalue weighted by molar-refractivity contribution is -0.136. The van der Waals surface area contributed by atoms with Gasteiger partial charge < -0.3 is 4.90 Å². The third-order valence-corrected chi connectivity index (χ3v) is 6.04. The summed E-state index contributed by atoms with van der Waals surface area (Å²) in [5.74, 6) is -0.556. The summed E-state index contributed by atoms with van der Waals surface area (Å²) in [5, 5.41) is 0. The number of aryl methyl sites for hydroxylation is 3. The van der Waals surface area contributed by atoms with Crippen LogP contribution in [0.15, 0.2) is 12.1 Å². The third kappa shape index (κ3) is 3.60. The van der Waals surface area contributed by atoms with Crippen molar-refractivity contribution in [1.82, 2.24) is 4.90 Å². The maximum absolute atomic E-state index is 13.0. The van der Waals surface area contributed by atoms with Gasteiger partial charge in [-0.15, -0.1) is 0 Å². The van der Waals surface area contributed by atoms with Crippen LogP contribution < -0.4 is 0 Å². The standard InChI is InChI=1S/C22H29NO3/c1-13-5-7-23(8-6-13)19(25)12-17-11-18(24)21(22(17)26)20-15(3)9-14(2)10-16(20)4/h9-10,13,17,21H,5-8,11-12H2,1-4H3. The maximum Gasteiger partial charge on any atom is 0.223 e. The molecule has 2 fully saturated rings. The molecule has 0 bridgehead atoms. The molecule has 4 heteroatoms. The highest BCUT2D eigenvalue weighted by Gasteiger charge is 2.44. The van der Waals surface area contributed by atoms with Crippen LogP contribution in [0.1, 0.15) is 60.8 Å².